The molecular weight excluding hydrogens is 234 g/mol. The van der Waals surface area contributed by atoms with Crippen LogP contribution in [0, 0.1) is 5.92 Å². The van der Waals surface area contributed by atoms with E-state index < -0.39 is 42.5 Å². The predicted octanol–water partition coefficient (Wildman–Crippen LogP) is -0.829. The van der Waals surface area contributed by atoms with Crippen LogP contribution in [-0.4, -0.2) is 45.6 Å². The van der Waals surface area contributed by atoms with Crippen LogP contribution < -0.4 is 5.73 Å². The van der Waals surface area contributed by atoms with Crippen LogP contribution in [0.3, 0.4) is 0 Å². The molecule has 0 aliphatic carbocycles. The van der Waals surface area contributed by atoms with Gasteiger partial charge in [-0.25, -0.2) is 4.79 Å². The molecule has 0 radical (unpaired) electrons. The third-order valence-corrected chi connectivity index (χ3v) is 1.58. The lowest BCUT2D eigenvalue weighted by atomic mass is 10.2. The third-order valence-electron chi connectivity index (χ3n) is 1.58. The van der Waals surface area contributed by atoms with Crippen molar-refractivity contribution in [2.45, 2.75) is 19.8 Å². The maximum Gasteiger partial charge on any atom is 0.372 e. The van der Waals surface area contributed by atoms with E-state index in [1.807, 2.05) is 0 Å². The summed E-state index contributed by atoms with van der Waals surface area (Å²) in [4.78, 5) is 39.6. The summed E-state index contributed by atoms with van der Waals surface area (Å²) in [6.45, 7) is 1.79. The highest BCUT2D eigenvalue weighted by atomic mass is 16.4. The minimum Gasteiger partial charge on any atom is -0.481 e. The second-order valence-electron chi connectivity index (χ2n) is 3.10. The number of carbonyl (C=O) groups is 4. The van der Waals surface area contributed by atoms with Crippen molar-refractivity contribution in [1.82, 2.24) is 0 Å². The smallest absolute Gasteiger partial charge is 0.372 e. The first-order chi connectivity index (χ1) is 7.72. The van der Waals surface area contributed by atoms with Crippen molar-refractivity contribution in [3.05, 3.63) is 0 Å². The molecule has 5 N–H and O–H groups in total. The number of ketones is 1. The van der Waals surface area contributed by atoms with Gasteiger partial charge in [-0.05, 0) is 0 Å². The second-order valence-corrected chi connectivity index (χ2v) is 3.10. The van der Waals surface area contributed by atoms with Crippen molar-refractivity contribution in [3.63, 3.8) is 0 Å². The largest absolute Gasteiger partial charge is 0.481 e. The van der Waals surface area contributed by atoms with E-state index in [1.54, 1.807) is 6.92 Å². The Labute approximate surface area is 97.0 Å². The van der Waals surface area contributed by atoms with Gasteiger partial charge in [-0.3, -0.25) is 14.4 Å². The number of carbonyl (C=O) groups excluding carboxylic acids is 1. The Morgan fingerprint density at radius 3 is 1.71 bits per heavy atom. The number of aliphatic carboxylic acids is 3. The average molecular weight is 249 g/mol. The van der Waals surface area contributed by atoms with Gasteiger partial charge in [0.25, 0.3) is 0 Å². The van der Waals surface area contributed by atoms with Gasteiger partial charge in [0.05, 0.1) is 12.3 Å². The Kier molecular flexibility index (Phi) is 9.52. The molecular formula is C9H15NO7. The fraction of sp³-hybridized carbons (Fsp3) is 0.556. The molecule has 0 aliphatic heterocycles. The summed E-state index contributed by atoms with van der Waals surface area (Å²) in [6.07, 6.45) is -0.865. The zero-order valence-corrected chi connectivity index (χ0v) is 9.25. The molecule has 0 saturated carbocycles. The first-order valence-corrected chi connectivity index (χ1v) is 4.63. The van der Waals surface area contributed by atoms with E-state index in [0.29, 0.717) is 0 Å². The van der Waals surface area contributed by atoms with E-state index in [4.69, 9.17) is 21.1 Å². The summed E-state index contributed by atoms with van der Waals surface area (Å²) in [7, 11) is 0. The number of nitrogens with two attached hydrogens (primary N) is 1. The fourth-order valence-corrected chi connectivity index (χ4v) is 0.428. The topological polar surface area (TPSA) is 155 Å². The second kappa shape index (κ2) is 9.28. The van der Waals surface area contributed by atoms with Crippen molar-refractivity contribution in [2.24, 2.45) is 11.7 Å². The maximum absolute atomic E-state index is 10.2. The molecule has 0 aliphatic rings. The summed E-state index contributed by atoms with van der Waals surface area (Å²) >= 11 is 0. The monoisotopic (exact) mass is 249 g/mol. The van der Waals surface area contributed by atoms with Gasteiger partial charge in [0.2, 0.25) is 5.78 Å². The van der Waals surface area contributed by atoms with Gasteiger partial charge in [0.15, 0.2) is 0 Å². The van der Waals surface area contributed by atoms with Crippen LogP contribution in [0.25, 0.3) is 0 Å². The fourth-order valence-electron chi connectivity index (χ4n) is 0.428. The average Bonchev–Trinajstić information content (AvgIpc) is 2.24. The highest BCUT2D eigenvalue weighted by Gasteiger charge is 2.12. The quantitative estimate of drug-likeness (QED) is 0.444. The molecule has 8 nitrogen and oxygen atoms in total. The first kappa shape index (κ1) is 17.4. The van der Waals surface area contributed by atoms with Crippen LogP contribution in [0.15, 0.2) is 0 Å². The lowest BCUT2D eigenvalue weighted by molar-refractivity contribution is -0.149. The summed E-state index contributed by atoms with van der Waals surface area (Å²) in [5.41, 5.74) is 4.99. The molecule has 0 spiro atoms. The van der Waals surface area contributed by atoms with Gasteiger partial charge in [-0.15, -0.1) is 0 Å². The van der Waals surface area contributed by atoms with E-state index in [-0.39, 0.29) is 6.54 Å². The number of hydrogen-bond acceptors (Lipinski definition) is 5. The molecule has 0 fully saturated rings. The van der Waals surface area contributed by atoms with Crippen LogP contribution in [0.2, 0.25) is 0 Å². The van der Waals surface area contributed by atoms with Crippen molar-refractivity contribution >= 4 is 23.7 Å². The molecule has 98 valence electrons. The van der Waals surface area contributed by atoms with Gasteiger partial charge in [-0.2, -0.15) is 0 Å². The summed E-state index contributed by atoms with van der Waals surface area (Å²) < 4.78 is 0. The number of carboxylic acid groups (broad SMARTS) is 3. The molecule has 8 heteroatoms. The molecule has 0 bridgehead atoms. The molecule has 0 aromatic rings. The Balaban J connectivity index is 0. The highest BCUT2D eigenvalue weighted by Crippen LogP contribution is 1.90. The SMILES string of the molecule is CC(CN)C(=O)O.O=C(O)CCC(=O)C(=O)O. The number of hydrogen-bond donors (Lipinski definition) is 4. The van der Waals surface area contributed by atoms with Gasteiger partial charge < -0.3 is 21.1 Å². The van der Waals surface area contributed by atoms with E-state index in [1.165, 1.54) is 0 Å². The van der Waals surface area contributed by atoms with E-state index in [0.717, 1.165) is 0 Å². The molecule has 1 unspecified atom stereocenters. The number of Topliss-reactive ketones (excluding diaryl/α,β-unsaturated/α-hetero) is 1. The lowest BCUT2D eigenvalue weighted by Gasteiger charge is -1.96. The normalized spacial score (nSPS) is 10.7. The lowest BCUT2D eigenvalue weighted by Crippen LogP contribution is -2.19. The van der Waals surface area contributed by atoms with E-state index in [9.17, 15) is 19.2 Å². The van der Waals surface area contributed by atoms with Crippen LogP contribution in [-0.2, 0) is 19.2 Å². The predicted molar refractivity (Wildman–Crippen MR) is 55.4 cm³/mol. The molecule has 0 amide bonds. The molecule has 0 heterocycles. The Morgan fingerprint density at radius 2 is 1.53 bits per heavy atom. The Bertz CT molecular complexity index is 300. The van der Waals surface area contributed by atoms with Crippen molar-refractivity contribution in [3.8, 4) is 0 Å². The summed E-state index contributed by atoms with van der Waals surface area (Å²) in [6, 6.07) is 0. The van der Waals surface area contributed by atoms with Gasteiger partial charge >= 0.3 is 17.9 Å². The minimum absolute atomic E-state index is 0.218. The van der Waals surface area contributed by atoms with Crippen molar-refractivity contribution in [1.29, 1.82) is 0 Å². The maximum atomic E-state index is 10.2. The highest BCUT2D eigenvalue weighted by molar-refractivity contribution is 6.32. The molecule has 0 aromatic heterocycles. The zero-order chi connectivity index (χ0) is 14.0. The number of carboxylic acids is 3. The first-order valence-electron chi connectivity index (χ1n) is 4.63. The van der Waals surface area contributed by atoms with Crippen molar-refractivity contribution < 1.29 is 34.5 Å². The van der Waals surface area contributed by atoms with Gasteiger partial charge in [0, 0.05) is 13.0 Å². The Hall–Kier alpha value is -1.96. The van der Waals surface area contributed by atoms with E-state index >= 15 is 0 Å². The molecule has 0 rings (SSSR count). The van der Waals surface area contributed by atoms with E-state index in [2.05, 4.69) is 0 Å². The van der Waals surface area contributed by atoms with Crippen LogP contribution in [0.1, 0.15) is 19.8 Å². The molecule has 0 saturated heterocycles. The minimum atomic E-state index is -1.58. The van der Waals surface area contributed by atoms with Gasteiger partial charge in [0.1, 0.15) is 0 Å². The molecule has 17 heavy (non-hydrogen) atoms. The van der Waals surface area contributed by atoms with Crippen LogP contribution in [0.5, 0.6) is 0 Å². The standard InChI is InChI=1S/C5H6O5.C4H9NO2/c6-3(5(9)10)1-2-4(7)8;1-3(2-5)4(6)7/h1-2H2,(H,7,8)(H,9,10);3H,2,5H2,1H3,(H,6,7). The molecule has 1 atom stereocenters. The van der Waals surface area contributed by atoms with Gasteiger partial charge in [-0.1, -0.05) is 6.92 Å². The molecule has 0 aromatic carbocycles. The van der Waals surface area contributed by atoms with Crippen molar-refractivity contribution in [2.75, 3.05) is 6.54 Å². The summed E-state index contributed by atoms with van der Waals surface area (Å²) in [5, 5.41) is 24.1. The summed E-state index contributed by atoms with van der Waals surface area (Å²) in [5.74, 6) is -5.05. The zero-order valence-electron chi connectivity index (χ0n) is 9.25. The van der Waals surface area contributed by atoms with Crippen LogP contribution in [0.4, 0.5) is 0 Å². The Morgan fingerprint density at radius 1 is 1.06 bits per heavy atom. The number of rotatable bonds is 6. The van der Waals surface area contributed by atoms with Crippen LogP contribution >= 0.6 is 0 Å². The third kappa shape index (κ3) is 12.0.